The van der Waals surface area contributed by atoms with Crippen LogP contribution in [0, 0.1) is 5.82 Å². The fourth-order valence-electron chi connectivity index (χ4n) is 3.39. The van der Waals surface area contributed by atoms with Gasteiger partial charge in [-0.15, -0.1) is 0 Å². The Bertz CT molecular complexity index is 932. The first-order valence-electron chi connectivity index (χ1n) is 9.20. The fourth-order valence-corrected chi connectivity index (χ4v) is 3.39. The average Bonchev–Trinajstić information content (AvgIpc) is 2.98. The summed E-state index contributed by atoms with van der Waals surface area (Å²) in [4.78, 5) is 38.7. The molecule has 1 saturated heterocycles. The Balaban J connectivity index is 1.71. The number of hydrogen-bond acceptors (Lipinski definition) is 4. The summed E-state index contributed by atoms with van der Waals surface area (Å²) in [5, 5.41) is 5.36. The molecule has 2 aromatic carbocycles. The van der Waals surface area contributed by atoms with Crippen molar-refractivity contribution in [3.05, 3.63) is 65.5 Å². The number of nitrogens with zero attached hydrogens (tertiary/aromatic N) is 1. The van der Waals surface area contributed by atoms with Gasteiger partial charge in [0, 0.05) is 12.1 Å². The number of carbonyl (C=O) groups excluding carboxylic acids is 3. The molecule has 0 aliphatic carbocycles. The van der Waals surface area contributed by atoms with Gasteiger partial charge in [-0.25, -0.2) is 9.18 Å². The quantitative estimate of drug-likeness (QED) is 0.700. The topological polar surface area (TPSA) is 87.7 Å². The normalized spacial score (nSPS) is 18.5. The van der Waals surface area contributed by atoms with E-state index in [2.05, 4.69) is 10.6 Å². The second-order valence-corrected chi connectivity index (χ2v) is 6.68. The number of rotatable bonds is 7. The molecular formula is C21H22FN3O4. The van der Waals surface area contributed by atoms with Gasteiger partial charge in [-0.3, -0.25) is 14.5 Å². The van der Waals surface area contributed by atoms with Gasteiger partial charge in [0.05, 0.1) is 7.11 Å². The van der Waals surface area contributed by atoms with Gasteiger partial charge in [0.2, 0.25) is 5.91 Å². The first kappa shape index (κ1) is 20.3. The van der Waals surface area contributed by atoms with Crippen LogP contribution in [0.2, 0.25) is 0 Å². The molecule has 0 radical (unpaired) electrons. The smallest absolute Gasteiger partial charge is 0.325 e. The van der Waals surface area contributed by atoms with Gasteiger partial charge in [0.15, 0.2) is 0 Å². The summed E-state index contributed by atoms with van der Waals surface area (Å²) in [6, 6.07) is 11.9. The van der Waals surface area contributed by atoms with Crippen LogP contribution in [-0.4, -0.2) is 36.4 Å². The van der Waals surface area contributed by atoms with E-state index in [4.69, 9.17) is 4.74 Å². The Morgan fingerprint density at radius 2 is 1.86 bits per heavy atom. The minimum Gasteiger partial charge on any atom is -0.496 e. The lowest BCUT2D eigenvalue weighted by Crippen LogP contribution is -2.44. The largest absolute Gasteiger partial charge is 0.496 e. The molecule has 152 valence electrons. The third-order valence-corrected chi connectivity index (χ3v) is 5.01. The highest BCUT2D eigenvalue weighted by molar-refractivity contribution is 6.09. The Kier molecular flexibility index (Phi) is 5.81. The van der Waals surface area contributed by atoms with Crippen molar-refractivity contribution < 1.29 is 23.5 Å². The number of urea groups is 1. The third kappa shape index (κ3) is 3.91. The summed E-state index contributed by atoms with van der Waals surface area (Å²) < 4.78 is 18.5. The van der Waals surface area contributed by atoms with Crippen LogP contribution in [0.25, 0.3) is 0 Å². The second kappa shape index (κ2) is 8.30. The number of methoxy groups -OCH3 is 1. The van der Waals surface area contributed by atoms with Crippen LogP contribution in [0.5, 0.6) is 5.75 Å². The molecule has 0 aromatic heterocycles. The predicted octanol–water partition coefficient (Wildman–Crippen LogP) is 2.31. The lowest BCUT2D eigenvalue weighted by Gasteiger charge is -2.25. The number of ether oxygens (including phenoxy) is 1. The molecule has 4 amide bonds. The summed E-state index contributed by atoms with van der Waals surface area (Å²) in [6.07, 6.45) is 0.266. The lowest BCUT2D eigenvalue weighted by atomic mass is 9.87. The molecule has 2 aromatic rings. The molecule has 0 spiro atoms. The molecule has 2 N–H and O–H groups in total. The molecule has 1 heterocycles. The minimum atomic E-state index is -1.31. The molecule has 1 atom stereocenters. The first-order valence-corrected chi connectivity index (χ1v) is 9.20. The number of benzene rings is 2. The minimum absolute atomic E-state index is 0.198. The fraction of sp³-hybridized carbons (Fsp3) is 0.286. The van der Waals surface area contributed by atoms with Gasteiger partial charge >= 0.3 is 6.03 Å². The zero-order valence-corrected chi connectivity index (χ0v) is 16.2. The number of halogens is 1. The van der Waals surface area contributed by atoms with E-state index in [9.17, 15) is 18.8 Å². The van der Waals surface area contributed by atoms with Crippen molar-refractivity contribution in [1.29, 1.82) is 0 Å². The van der Waals surface area contributed by atoms with Crippen LogP contribution in [0.1, 0.15) is 24.5 Å². The molecule has 8 heteroatoms. The highest BCUT2D eigenvalue weighted by Crippen LogP contribution is 2.32. The van der Waals surface area contributed by atoms with Crippen molar-refractivity contribution in [3.63, 3.8) is 0 Å². The number of para-hydroxylation sites is 1. The highest BCUT2D eigenvalue weighted by atomic mass is 19.1. The number of carbonyl (C=O) groups is 3. The molecule has 0 bridgehead atoms. The van der Waals surface area contributed by atoms with Crippen LogP contribution in [0.3, 0.4) is 0 Å². The van der Waals surface area contributed by atoms with E-state index in [1.54, 1.807) is 13.0 Å². The molecular weight excluding hydrogens is 377 g/mol. The van der Waals surface area contributed by atoms with E-state index in [1.807, 2.05) is 18.2 Å². The van der Waals surface area contributed by atoms with E-state index in [1.165, 1.54) is 31.4 Å². The maximum absolute atomic E-state index is 13.3. The van der Waals surface area contributed by atoms with Crippen LogP contribution in [0.15, 0.2) is 48.5 Å². The van der Waals surface area contributed by atoms with Gasteiger partial charge in [-0.1, -0.05) is 37.3 Å². The van der Waals surface area contributed by atoms with Crippen molar-refractivity contribution in [2.24, 2.45) is 0 Å². The Morgan fingerprint density at radius 3 is 2.52 bits per heavy atom. The summed E-state index contributed by atoms with van der Waals surface area (Å²) >= 11 is 0. The molecule has 3 rings (SSSR count). The van der Waals surface area contributed by atoms with Crippen molar-refractivity contribution >= 4 is 17.8 Å². The van der Waals surface area contributed by atoms with Gasteiger partial charge in [0.25, 0.3) is 5.91 Å². The second-order valence-electron chi connectivity index (χ2n) is 6.68. The van der Waals surface area contributed by atoms with Crippen molar-refractivity contribution in [1.82, 2.24) is 15.5 Å². The molecule has 1 fully saturated rings. The maximum Gasteiger partial charge on any atom is 0.325 e. The van der Waals surface area contributed by atoms with Gasteiger partial charge in [-0.05, 0) is 30.2 Å². The van der Waals surface area contributed by atoms with Crippen molar-refractivity contribution in [2.45, 2.75) is 25.4 Å². The molecule has 29 heavy (non-hydrogen) atoms. The number of hydrogen-bond donors (Lipinski definition) is 2. The van der Waals surface area contributed by atoms with Gasteiger partial charge < -0.3 is 15.4 Å². The van der Waals surface area contributed by atoms with E-state index in [-0.39, 0.29) is 13.0 Å². The van der Waals surface area contributed by atoms with Gasteiger partial charge in [-0.2, -0.15) is 0 Å². The summed E-state index contributed by atoms with van der Waals surface area (Å²) in [5.41, 5.74) is -0.0697. The standard InChI is InChI=1S/C21H22FN3O4/c1-3-21(15-8-10-16(22)11-9-15)19(27)25(20(28)24-21)13-18(26)23-12-14-6-4-5-7-17(14)29-2/h4-11H,3,12-13H2,1-2H3,(H,23,26)(H,24,28). The molecule has 0 saturated carbocycles. The molecule has 1 unspecified atom stereocenters. The number of nitrogens with one attached hydrogen (secondary N) is 2. The van der Waals surface area contributed by atoms with Crippen molar-refractivity contribution in [3.8, 4) is 5.75 Å². The first-order chi connectivity index (χ1) is 13.9. The van der Waals surface area contributed by atoms with E-state index in [0.29, 0.717) is 11.3 Å². The van der Waals surface area contributed by atoms with Crippen LogP contribution in [0.4, 0.5) is 9.18 Å². The summed E-state index contributed by atoms with van der Waals surface area (Å²) in [7, 11) is 1.54. The van der Waals surface area contributed by atoms with E-state index in [0.717, 1.165) is 10.5 Å². The lowest BCUT2D eigenvalue weighted by molar-refractivity contribution is -0.135. The van der Waals surface area contributed by atoms with Crippen molar-refractivity contribution in [2.75, 3.05) is 13.7 Å². The van der Waals surface area contributed by atoms with Gasteiger partial charge in [0.1, 0.15) is 23.7 Å². The van der Waals surface area contributed by atoms with Crippen LogP contribution < -0.4 is 15.4 Å². The van der Waals surface area contributed by atoms with Crippen LogP contribution in [-0.2, 0) is 21.7 Å². The monoisotopic (exact) mass is 399 g/mol. The maximum atomic E-state index is 13.3. The zero-order chi connectivity index (χ0) is 21.0. The molecule has 1 aliphatic heterocycles. The summed E-state index contributed by atoms with van der Waals surface area (Å²) in [5.74, 6) is -0.831. The number of amides is 4. The zero-order valence-electron chi connectivity index (χ0n) is 16.2. The molecule has 7 nitrogen and oxygen atoms in total. The molecule has 1 aliphatic rings. The third-order valence-electron chi connectivity index (χ3n) is 5.01. The Hall–Kier alpha value is -3.42. The average molecular weight is 399 g/mol. The SMILES string of the molecule is CCC1(c2ccc(F)cc2)NC(=O)N(CC(=O)NCc2ccccc2OC)C1=O. The Labute approximate surface area is 167 Å². The highest BCUT2D eigenvalue weighted by Gasteiger charge is 2.51. The van der Waals surface area contributed by atoms with E-state index >= 15 is 0 Å². The number of imide groups is 1. The predicted molar refractivity (Wildman–Crippen MR) is 103 cm³/mol. The van der Waals surface area contributed by atoms with Crippen LogP contribution >= 0.6 is 0 Å². The van der Waals surface area contributed by atoms with E-state index < -0.39 is 35.7 Å². The Morgan fingerprint density at radius 1 is 1.17 bits per heavy atom. The summed E-state index contributed by atoms with van der Waals surface area (Å²) in [6.45, 7) is 1.53.